The first-order chi connectivity index (χ1) is 34.3. The Morgan fingerprint density at radius 3 is 1.41 bits per heavy atom. The van der Waals surface area contributed by atoms with Crippen molar-refractivity contribution in [1.82, 2.24) is 0 Å². The minimum absolute atomic E-state index is 0.0272. The Hall–Kier alpha value is -7.07. The number of thiophene rings is 2. The van der Waals surface area contributed by atoms with E-state index in [4.69, 9.17) is 29.9 Å². The molecule has 2 N–H and O–H groups in total. The highest BCUT2D eigenvalue weighted by Crippen LogP contribution is 2.47. The largest absolute Gasteiger partial charge is 0.440 e. The summed E-state index contributed by atoms with van der Waals surface area (Å²) in [5.41, 5.74) is 6.11. The van der Waals surface area contributed by atoms with E-state index in [1.54, 1.807) is 40.9 Å². The molecule has 70 heavy (non-hydrogen) atoms. The first-order valence-electron chi connectivity index (χ1n) is 23.1. The van der Waals surface area contributed by atoms with E-state index in [0.717, 1.165) is 68.3 Å². The molecule has 2 fully saturated rings. The van der Waals surface area contributed by atoms with Crippen molar-refractivity contribution in [3.05, 3.63) is 142 Å². The first kappa shape index (κ1) is 45.4. The first-order valence-corrected chi connectivity index (χ1v) is 25.3. The third kappa shape index (κ3) is 8.45. The molecule has 6 heterocycles. The highest BCUT2D eigenvalue weighted by Gasteiger charge is 2.23. The normalized spacial score (nSPS) is 14.1. The molecule has 6 aromatic carbocycles. The van der Waals surface area contributed by atoms with Gasteiger partial charge in [-0.15, -0.1) is 34.3 Å². The molecule has 0 spiro atoms. The number of hydrogen-bond donors (Lipinski definition) is 2. The van der Waals surface area contributed by atoms with Crippen LogP contribution >= 0.6 is 34.3 Å². The number of ether oxygens (including phenoxy) is 2. The number of hydrogen-bond acceptors (Lipinski definition) is 12. The van der Waals surface area contributed by atoms with Gasteiger partial charge in [-0.1, -0.05) is 79.7 Å². The highest BCUT2D eigenvalue weighted by atomic mass is 35.5. The van der Waals surface area contributed by atoms with Crippen molar-refractivity contribution in [3.8, 4) is 22.3 Å². The number of anilines is 4. The minimum atomic E-state index is -0.262. The Morgan fingerprint density at radius 1 is 0.543 bits per heavy atom. The average Bonchev–Trinajstić information content (AvgIpc) is 4.00. The molecule has 4 aromatic heterocycles. The number of rotatable bonds is 8. The van der Waals surface area contributed by atoms with E-state index in [1.165, 1.54) is 0 Å². The van der Waals surface area contributed by atoms with Crippen molar-refractivity contribution in [2.45, 2.75) is 13.3 Å². The summed E-state index contributed by atoms with van der Waals surface area (Å²) in [5, 5.41) is 11.2. The van der Waals surface area contributed by atoms with Gasteiger partial charge in [-0.2, -0.15) is 0 Å². The highest BCUT2D eigenvalue weighted by molar-refractivity contribution is 7.27. The van der Waals surface area contributed by atoms with Crippen LogP contribution in [0.2, 0.25) is 0 Å². The predicted octanol–water partition coefficient (Wildman–Crippen LogP) is 11.9. The van der Waals surface area contributed by atoms with E-state index in [-0.39, 0.29) is 28.6 Å². The van der Waals surface area contributed by atoms with Gasteiger partial charge in [0.25, 0.3) is 0 Å². The number of amides is 2. The van der Waals surface area contributed by atoms with Gasteiger partial charge in [-0.3, -0.25) is 19.2 Å². The van der Waals surface area contributed by atoms with E-state index in [0.29, 0.717) is 98.4 Å². The Balaban J connectivity index is 0.000000152. The molecule has 2 aliphatic heterocycles. The van der Waals surface area contributed by atoms with Crippen LogP contribution in [0.4, 0.5) is 23.1 Å². The van der Waals surface area contributed by atoms with E-state index >= 15 is 0 Å². The van der Waals surface area contributed by atoms with Gasteiger partial charge in [0.15, 0.2) is 22.6 Å². The number of alkyl halides is 1. The summed E-state index contributed by atoms with van der Waals surface area (Å²) in [4.78, 5) is 54.6. The van der Waals surface area contributed by atoms with Crippen molar-refractivity contribution in [3.63, 3.8) is 0 Å². The SMILES string of the molecule is CCC(=O)Nc1ccc(-c2cccc3c(=O)cc(N4CCOCC4)oc23)c2sc3ccccc3c12.O=C(CCl)Nc1ccc(-c2cccc3c(=O)cc(N4CCOCC4)oc23)c2sc3ccccc3c12. The number of nitrogens with one attached hydrogen (secondary N) is 2. The van der Waals surface area contributed by atoms with Gasteiger partial charge < -0.3 is 38.7 Å². The number of nitrogens with zero attached hydrogens (tertiary/aromatic N) is 2. The molecule has 0 radical (unpaired) electrons. The smallest absolute Gasteiger partial charge is 0.239 e. The quantitative estimate of drug-likeness (QED) is 0.141. The van der Waals surface area contributed by atoms with Crippen LogP contribution in [0.15, 0.2) is 140 Å². The molecule has 0 atom stereocenters. The molecule has 10 aromatic rings. The van der Waals surface area contributed by atoms with Crippen LogP contribution in [0, 0.1) is 0 Å². The number of morpholine rings is 2. The lowest BCUT2D eigenvalue weighted by atomic mass is 9.99. The van der Waals surface area contributed by atoms with Gasteiger partial charge in [0, 0.05) is 107 Å². The summed E-state index contributed by atoms with van der Waals surface area (Å²) in [6.07, 6.45) is 0.407. The zero-order valence-corrected chi connectivity index (χ0v) is 40.4. The molecule has 12 rings (SSSR count). The maximum Gasteiger partial charge on any atom is 0.239 e. The molecule has 352 valence electrons. The van der Waals surface area contributed by atoms with Crippen molar-refractivity contribution in [1.29, 1.82) is 0 Å². The summed E-state index contributed by atoms with van der Waals surface area (Å²) in [7, 11) is 0. The van der Waals surface area contributed by atoms with E-state index in [9.17, 15) is 19.2 Å². The molecule has 2 amide bonds. The molecule has 2 aliphatic rings. The van der Waals surface area contributed by atoms with Crippen LogP contribution in [-0.4, -0.2) is 70.3 Å². The van der Waals surface area contributed by atoms with E-state index in [1.807, 2.05) is 96.8 Å². The monoisotopic (exact) mass is 988 g/mol. The third-order valence-electron chi connectivity index (χ3n) is 12.8. The standard InChI is InChI=1S/C28H24N2O4S.C27H21ClN2O4S/c1-2-24(32)29-21-11-10-18(28-26(21)20-6-3-4-9-23(20)35-28)17-7-5-8-19-22(31)16-25(34-27(17)19)30-12-14-33-15-13-30;28-15-23(32)29-20-9-8-17(27-25(20)19-4-1-2-7-22(19)35-27)16-5-3-6-18-21(31)14-24(34-26(16)18)30-10-12-33-13-11-30/h3-11,16H,2,12-15H2,1H3,(H,29,32);1-9,14H,10-13,15H2,(H,29,32). The molecule has 15 heteroatoms. The van der Waals surface area contributed by atoms with Gasteiger partial charge in [0.05, 0.1) is 48.6 Å². The summed E-state index contributed by atoms with van der Waals surface area (Å²) in [6, 6.07) is 38.6. The zero-order valence-electron chi connectivity index (χ0n) is 38.0. The summed E-state index contributed by atoms with van der Waals surface area (Å²) in [6.45, 7) is 6.97. The number of benzene rings is 6. The molecule has 2 saturated heterocycles. The Kier molecular flexibility index (Phi) is 12.6. The topological polar surface area (TPSA) is 144 Å². The van der Waals surface area contributed by atoms with Crippen LogP contribution in [0.1, 0.15) is 13.3 Å². The lowest BCUT2D eigenvalue weighted by molar-refractivity contribution is -0.116. The maximum absolute atomic E-state index is 13.1. The number of carbonyl (C=O) groups excluding carboxylic acids is 2. The Morgan fingerprint density at radius 2 is 0.971 bits per heavy atom. The Bertz CT molecular complexity index is 3550. The minimum Gasteiger partial charge on any atom is -0.440 e. The van der Waals surface area contributed by atoms with Gasteiger partial charge >= 0.3 is 0 Å². The number of halogens is 1. The van der Waals surface area contributed by atoms with Gasteiger partial charge in [-0.05, 0) is 36.4 Å². The zero-order chi connectivity index (χ0) is 47.9. The maximum atomic E-state index is 13.1. The van der Waals surface area contributed by atoms with Crippen LogP contribution < -0.4 is 31.3 Å². The van der Waals surface area contributed by atoms with Crippen molar-refractivity contribution in [2.24, 2.45) is 0 Å². The third-order valence-corrected chi connectivity index (χ3v) is 15.4. The van der Waals surface area contributed by atoms with Gasteiger partial charge in [0.2, 0.25) is 11.8 Å². The molecule has 0 unspecified atom stereocenters. The number of fused-ring (bicyclic) bond motifs is 8. The van der Waals surface area contributed by atoms with Crippen LogP contribution in [0.25, 0.3) is 84.5 Å². The molecular weight excluding hydrogens is 944 g/mol. The second-order valence-corrected chi connectivity index (χ2v) is 19.3. The number of carbonyl (C=O) groups is 2. The number of para-hydroxylation sites is 2. The van der Waals surface area contributed by atoms with Crippen molar-refractivity contribution < 1.29 is 27.9 Å². The molecule has 0 saturated carbocycles. The van der Waals surface area contributed by atoms with Crippen molar-refractivity contribution >= 4 is 132 Å². The van der Waals surface area contributed by atoms with Crippen LogP contribution in [0.5, 0.6) is 0 Å². The van der Waals surface area contributed by atoms with Gasteiger partial charge in [-0.25, -0.2) is 0 Å². The molecular formula is C55H45ClN4O8S2. The molecule has 0 aliphatic carbocycles. The fourth-order valence-corrected chi connectivity index (χ4v) is 11.9. The average molecular weight is 990 g/mol. The second-order valence-electron chi connectivity index (χ2n) is 17.0. The second kappa shape index (κ2) is 19.4. The van der Waals surface area contributed by atoms with Crippen LogP contribution in [0.3, 0.4) is 0 Å². The predicted molar refractivity (Wildman–Crippen MR) is 286 cm³/mol. The molecule has 12 nitrogen and oxygen atoms in total. The van der Waals surface area contributed by atoms with E-state index < -0.39 is 0 Å². The molecule has 0 bridgehead atoms. The van der Waals surface area contributed by atoms with Crippen LogP contribution in [-0.2, 0) is 19.1 Å². The lowest BCUT2D eigenvalue weighted by Crippen LogP contribution is -2.36. The fourth-order valence-electron chi connectivity index (χ4n) is 9.34. The summed E-state index contributed by atoms with van der Waals surface area (Å²) in [5.74, 6) is 0.710. The van der Waals surface area contributed by atoms with E-state index in [2.05, 4.69) is 33.7 Å². The fraction of sp³-hybridized carbons (Fsp3) is 0.200. The summed E-state index contributed by atoms with van der Waals surface area (Å²) < 4.78 is 28.0. The van der Waals surface area contributed by atoms with Gasteiger partial charge in [0.1, 0.15) is 17.0 Å². The lowest BCUT2D eigenvalue weighted by Gasteiger charge is -2.27. The summed E-state index contributed by atoms with van der Waals surface area (Å²) >= 11 is 9.09. The van der Waals surface area contributed by atoms with Crippen molar-refractivity contribution in [2.75, 3.05) is 78.9 Å². The Labute approximate surface area is 413 Å².